The molecule has 0 amide bonds. The molecule has 0 aromatic heterocycles. The maximum atomic E-state index is 6.49. The maximum absolute atomic E-state index is 6.49. The van der Waals surface area contributed by atoms with Gasteiger partial charge in [0, 0.05) is 12.8 Å². The molecule has 0 saturated carbocycles. The summed E-state index contributed by atoms with van der Waals surface area (Å²) < 4.78 is 23.7. The minimum absolute atomic E-state index is 0.575. The molecule has 1 atom stereocenters. The fourth-order valence-corrected chi connectivity index (χ4v) is 12.3. The molecule has 0 aliphatic rings. The van der Waals surface area contributed by atoms with Crippen molar-refractivity contribution >= 4 is 33.0 Å². The molecule has 0 aromatic carbocycles. The van der Waals surface area contributed by atoms with Crippen LogP contribution in [0.4, 0.5) is 0 Å². The van der Waals surface area contributed by atoms with E-state index < -0.39 is 33.0 Å². The molecule has 24 heavy (non-hydrogen) atoms. The Kier molecular flexibility index (Phi) is 10.4. The van der Waals surface area contributed by atoms with Gasteiger partial charge in [-0.15, -0.1) is 0 Å². The molecule has 8 heteroatoms. The van der Waals surface area contributed by atoms with Gasteiger partial charge in [-0.3, -0.25) is 0 Å². The van der Waals surface area contributed by atoms with Gasteiger partial charge in [-0.2, -0.15) is 0 Å². The van der Waals surface area contributed by atoms with Crippen LogP contribution >= 0.6 is 0 Å². The van der Waals surface area contributed by atoms with Crippen LogP contribution in [-0.2, 0) is 18.0 Å². The average Bonchev–Trinajstić information content (AvgIpc) is 2.41. The van der Waals surface area contributed by atoms with E-state index in [-0.39, 0.29) is 0 Å². The highest BCUT2D eigenvalue weighted by molar-refractivity contribution is 6.79. The van der Waals surface area contributed by atoms with E-state index in [0.717, 1.165) is 31.2 Å². The Balaban J connectivity index is 4.67. The third-order valence-corrected chi connectivity index (χ3v) is 11.1. The van der Waals surface area contributed by atoms with Crippen molar-refractivity contribution in [1.82, 2.24) is 0 Å². The van der Waals surface area contributed by atoms with E-state index in [0.29, 0.717) is 6.61 Å². The van der Waals surface area contributed by atoms with Gasteiger partial charge < -0.3 is 18.0 Å². The Morgan fingerprint density at radius 3 is 1.75 bits per heavy atom. The molecular weight excluding hydrogens is 369 g/mol. The van der Waals surface area contributed by atoms with E-state index in [2.05, 4.69) is 58.9 Å². The van der Waals surface area contributed by atoms with Crippen LogP contribution in [0.15, 0.2) is 0 Å². The lowest BCUT2D eigenvalue weighted by atomic mass is 10.5. The van der Waals surface area contributed by atoms with Gasteiger partial charge in [-0.25, -0.2) is 0 Å². The molecule has 0 spiro atoms. The van der Waals surface area contributed by atoms with E-state index in [1.165, 1.54) is 0 Å². The van der Waals surface area contributed by atoms with Gasteiger partial charge in [-0.1, -0.05) is 19.6 Å². The van der Waals surface area contributed by atoms with Gasteiger partial charge in [0.1, 0.15) is 7.11 Å². The van der Waals surface area contributed by atoms with Crippen molar-refractivity contribution in [3.63, 3.8) is 0 Å². The van der Waals surface area contributed by atoms with Crippen LogP contribution in [0.1, 0.15) is 6.42 Å². The maximum Gasteiger partial charge on any atom is 0.213 e. The summed E-state index contributed by atoms with van der Waals surface area (Å²) >= 11 is 0. The third-order valence-electron chi connectivity index (χ3n) is 3.44. The smallest absolute Gasteiger partial charge is 0.213 e. The highest BCUT2D eigenvalue weighted by Crippen LogP contribution is 2.20. The molecule has 0 fully saturated rings. The van der Waals surface area contributed by atoms with Crippen LogP contribution in [0.5, 0.6) is 0 Å². The van der Waals surface area contributed by atoms with Crippen molar-refractivity contribution < 1.29 is 18.0 Å². The van der Waals surface area contributed by atoms with E-state index in [9.17, 15) is 0 Å². The van der Waals surface area contributed by atoms with Crippen molar-refractivity contribution in [3.8, 4) is 0 Å². The Morgan fingerprint density at radius 1 is 0.708 bits per heavy atom. The van der Waals surface area contributed by atoms with Crippen LogP contribution in [0, 0.1) is 7.11 Å². The zero-order valence-corrected chi connectivity index (χ0v) is 21.5. The molecule has 4 nitrogen and oxygen atoms in total. The van der Waals surface area contributed by atoms with E-state index in [4.69, 9.17) is 25.1 Å². The lowest BCUT2D eigenvalue weighted by molar-refractivity contribution is 0.234. The third kappa shape index (κ3) is 13.9. The first-order valence-electron chi connectivity index (χ1n) is 8.92. The molecule has 0 rings (SSSR count). The van der Waals surface area contributed by atoms with E-state index in [1.54, 1.807) is 0 Å². The van der Waals surface area contributed by atoms with Crippen molar-refractivity contribution in [3.05, 3.63) is 7.11 Å². The molecule has 0 aromatic rings. The average molecular weight is 409 g/mol. The summed E-state index contributed by atoms with van der Waals surface area (Å²) in [5.74, 6) is 0. The second-order valence-electron chi connectivity index (χ2n) is 9.72. The van der Waals surface area contributed by atoms with Crippen LogP contribution < -0.4 is 0 Å². The van der Waals surface area contributed by atoms with Gasteiger partial charge in [0.25, 0.3) is 0 Å². The summed E-state index contributed by atoms with van der Waals surface area (Å²) in [7, 11) is -1.31. The molecule has 144 valence electrons. The molecule has 0 aliphatic carbocycles. The summed E-state index contributed by atoms with van der Waals surface area (Å²) in [6, 6.07) is 1.01. The van der Waals surface area contributed by atoms with Crippen LogP contribution in [0.2, 0.25) is 65.0 Å². The number of rotatable bonds is 13. The quantitative estimate of drug-likeness (QED) is 0.327. The lowest BCUT2D eigenvalue weighted by Gasteiger charge is -2.34. The zero-order valence-electron chi connectivity index (χ0n) is 17.5. The largest absolute Gasteiger partial charge is 0.418 e. The molecule has 0 bridgehead atoms. The zero-order chi connectivity index (χ0) is 19.1. The monoisotopic (exact) mass is 408 g/mol. The molecular formula is C16H40O4Si4. The minimum Gasteiger partial charge on any atom is -0.418 e. The Labute approximate surface area is 155 Å². The van der Waals surface area contributed by atoms with Crippen LogP contribution in [0.3, 0.4) is 0 Å². The van der Waals surface area contributed by atoms with E-state index >= 15 is 0 Å². The molecule has 0 N–H and O–H groups in total. The predicted octanol–water partition coefficient (Wildman–Crippen LogP) is 4.68. The summed E-state index contributed by atoms with van der Waals surface area (Å²) in [5.41, 5.74) is 0. The molecule has 0 heterocycles. The van der Waals surface area contributed by atoms with Gasteiger partial charge in [0.15, 0.2) is 8.32 Å². The molecule has 0 saturated heterocycles. The van der Waals surface area contributed by atoms with Gasteiger partial charge >= 0.3 is 0 Å². The Bertz CT molecular complexity index is 353. The highest BCUT2D eigenvalue weighted by atomic mass is 28.4. The standard InChI is InChI=1S/C16H40O4Si4/c1-17-12-11-13-24(10,16-18-22(5,6)7)20-15-23(8,9)19-14-21(2,3)4/h1H,11-16H2,2-10H3. The summed E-state index contributed by atoms with van der Waals surface area (Å²) in [6.07, 6.45) is 3.34. The fourth-order valence-electron chi connectivity index (χ4n) is 1.89. The van der Waals surface area contributed by atoms with Crippen molar-refractivity contribution in [2.75, 3.05) is 25.3 Å². The van der Waals surface area contributed by atoms with Crippen molar-refractivity contribution in [2.24, 2.45) is 0 Å². The predicted molar refractivity (Wildman–Crippen MR) is 113 cm³/mol. The molecule has 0 aliphatic heterocycles. The first-order valence-corrected chi connectivity index (χ1v) is 22.0. The lowest BCUT2D eigenvalue weighted by Crippen LogP contribution is -2.50. The Hall–Kier alpha value is 0.708. The Morgan fingerprint density at radius 2 is 1.29 bits per heavy atom. The van der Waals surface area contributed by atoms with Gasteiger partial charge in [0.05, 0.1) is 20.5 Å². The van der Waals surface area contributed by atoms with Crippen LogP contribution in [-0.4, -0.2) is 58.3 Å². The highest BCUT2D eigenvalue weighted by Gasteiger charge is 2.35. The minimum atomic E-state index is -1.94. The second kappa shape index (κ2) is 10.1. The topological polar surface area (TPSA) is 36.9 Å². The summed E-state index contributed by atoms with van der Waals surface area (Å²) in [5, 5.41) is 0. The number of hydrogen-bond acceptors (Lipinski definition) is 4. The second-order valence-corrected chi connectivity index (χ2v) is 27.7. The fraction of sp³-hybridized carbons (Fsp3) is 0.938. The van der Waals surface area contributed by atoms with Gasteiger partial charge in [0.2, 0.25) is 16.6 Å². The number of hydrogen-bond donors (Lipinski definition) is 0. The van der Waals surface area contributed by atoms with E-state index in [1.807, 2.05) is 0 Å². The van der Waals surface area contributed by atoms with Gasteiger partial charge in [-0.05, 0) is 51.7 Å². The summed E-state index contributed by atoms with van der Waals surface area (Å²) in [6.45, 7) is 21.0. The normalized spacial score (nSPS) is 16.2. The SMILES string of the molecule is [CH]OCCC[Si](C)(CO[Si](C)(C)C)OC[Si](C)(C)OC[Si](C)(C)C. The first kappa shape index (κ1) is 24.7. The molecule has 1 unspecified atom stereocenters. The van der Waals surface area contributed by atoms with Crippen molar-refractivity contribution in [1.29, 1.82) is 0 Å². The number of ether oxygens (including phenoxy) is 1. The van der Waals surface area contributed by atoms with Crippen molar-refractivity contribution in [2.45, 2.75) is 71.4 Å². The first-order chi connectivity index (χ1) is 10.7. The summed E-state index contributed by atoms with van der Waals surface area (Å²) in [4.78, 5) is 0. The molecule has 2 radical (unpaired) electrons. The van der Waals surface area contributed by atoms with Crippen LogP contribution in [0.25, 0.3) is 0 Å².